The van der Waals surface area contributed by atoms with E-state index in [1.165, 1.54) is 12.1 Å². The van der Waals surface area contributed by atoms with Gasteiger partial charge in [0.05, 0.1) is 4.92 Å². The van der Waals surface area contributed by atoms with Crippen LogP contribution in [0.4, 0.5) is 11.4 Å². The molecule has 0 saturated carbocycles. The highest BCUT2D eigenvalue weighted by Crippen LogP contribution is 2.31. The number of likely N-dealkylation sites (N-methyl/N-ethyl adjacent to an activating group) is 1. The molecule has 0 radical (unpaired) electrons. The Labute approximate surface area is 115 Å². The van der Waals surface area contributed by atoms with Crippen LogP contribution in [0.5, 0.6) is 0 Å². The maximum absolute atomic E-state index is 11.8. The van der Waals surface area contributed by atoms with E-state index in [0.717, 1.165) is 0 Å². The fourth-order valence-electron chi connectivity index (χ4n) is 2.11. The lowest BCUT2D eigenvalue weighted by Gasteiger charge is -2.15. The Kier molecular flexibility index (Phi) is 3.61. The fraction of sp³-hybridized carbons (Fsp3) is 0.417. The van der Waals surface area contributed by atoms with E-state index in [1.807, 2.05) is 0 Å². The van der Waals surface area contributed by atoms with Gasteiger partial charge >= 0.3 is 0 Å². The van der Waals surface area contributed by atoms with E-state index in [4.69, 9.17) is 11.6 Å². The van der Waals surface area contributed by atoms with E-state index in [9.17, 15) is 14.9 Å². The zero-order valence-electron chi connectivity index (χ0n) is 10.6. The summed E-state index contributed by atoms with van der Waals surface area (Å²) < 4.78 is 0. The van der Waals surface area contributed by atoms with Gasteiger partial charge in [0.1, 0.15) is 11.1 Å². The number of rotatable bonds is 3. The van der Waals surface area contributed by atoms with Crippen LogP contribution in [0.3, 0.4) is 0 Å². The predicted molar refractivity (Wildman–Crippen MR) is 72.5 cm³/mol. The highest BCUT2D eigenvalue weighted by molar-refractivity contribution is 6.33. The first-order chi connectivity index (χ1) is 8.90. The van der Waals surface area contributed by atoms with Crippen molar-refractivity contribution in [1.82, 2.24) is 4.90 Å². The van der Waals surface area contributed by atoms with Gasteiger partial charge in [0.25, 0.3) is 5.69 Å². The molecule has 1 unspecified atom stereocenters. The number of nitro benzene ring substituents is 1. The molecule has 1 aliphatic rings. The van der Waals surface area contributed by atoms with Crippen LogP contribution in [0, 0.1) is 17.0 Å². The van der Waals surface area contributed by atoms with Crippen LogP contribution in [0.1, 0.15) is 12.0 Å². The standard InChI is InChI=1S/C12H14ClN3O3/c1-7-5-11(16(18)19)8(13)6-10(7)14-9-3-4-15(2)12(9)17/h5-6,9,14H,3-4H2,1-2H3. The van der Waals surface area contributed by atoms with Gasteiger partial charge in [-0.2, -0.15) is 0 Å². The van der Waals surface area contributed by atoms with Gasteiger partial charge in [-0.1, -0.05) is 11.6 Å². The molecule has 6 nitrogen and oxygen atoms in total. The molecule has 1 aliphatic heterocycles. The molecule has 0 aliphatic carbocycles. The number of nitrogens with one attached hydrogen (secondary N) is 1. The molecule has 1 saturated heterocycles. The van der Waals surface area contributed by atoms with Gasteiger partial charge in [-0.15, -0.1) is 0 Å². The van der Waals surface area contributed by atoms with Crippen LogP contribution in [0.15, 0.2) is 12.1 Å². The van der Waals surface area contributed by atoms with Gasteiger partial charge < -0.3 is 10.2 Å². The van der Waals surface area contributed by atoms with E-state index < -0.39 is 4.92 Å². The van der Waals surface area contributed by atoms with Crippen molar-refractivity contribution in [3.63, 3.8) is 0 Å². The average Bonchev–Trinajstić information content (AvgIpc) is 2.65. The predicted octanol–water partition coefficient (Wildman–Crippen LogP) is 2.20. The van der Waals surface area contributed by atoms with Crippen molar-refractivity contribution in [2.24, 2.45) is 0 Å². The Balaban J connectivity index is 2.24. The van der Waals surface area contributed by atoms with Crippen LogP contribution >= 0.6 is 11.6 Å². The molecule has 1 amide bonds. The summed E-state index contributed by atoms with van der Waals surface area (Å²) in [7, 11) is 1.75. The molecular weight excluding hydrogens is 270 g/mol. The first-order valence-electron chi connectivity index (χ1n) is 5.86. The Morgan fingerprint density at radius 3 is 2.74 bits per heavy atom. The number of carbonyl (C=O) groups is 1. The molecule has 1 N–H and O–H groups in total. The SMILES string of the molecule is Cc1cc([N+](=O)[O-])c(Cl)cc1NC1CCN(C)C1=O. The summed E-state index contributed by atoms with van der Waals surface area (Å²) in [5.41, 5.74) is 1.22. The zero-order chi connectivity index (χ0) is 14.2. The number of nitro groups is 1. The lowest BCUT2D eigenvalue weighted by atomic mass is 10.1. The summed E-state index contributed by atoms with van der Waals surface area (Å²) in [6.45, 7) is 2.45. The van der Waals surface area contributed by atoms with Gasteiger partial charge in [-0.05, 0) is 25.0 Å². The minimum Gasteiger partial charge on any atom is -0.373 e. The second-order valence-electron chi connectivity index (χ2n) is 4.62. The molecular formula is C12H14ClN3O3. The Morgan fingerprint density at radius 1 is 1.53 bits per heavy atom. The third kappa shape index (κ3) is 2.63. The second kappa shape index (κ2) is 5.05. The number of halogens is 1. The maximum Gasteiger partial charge on any atom is 0.288 e. The van der Waals surface area contributed by atoms with E-state index in [-0.39, 0.29) is 22.7 Å². The summed E-state index contributed by atoms with van der Waals surface area (Å²) >= 11 is 5.87. The molecule has 1 fully saturated rings. The van der Waals surface area contributed by atoms with Crippen molar-refractivity contribution in [2.75, 3.05) is 18.9 Å². The molecule has 102 valence electrons. The number of benzene rings is 1. The number of hydrogen-bond acceptors (Lipinski definition) is 4. The monoisotopic (exact) mass is 283 g/mol. The summed E-state index contributed by atoms with van der Waals surface area (Å²) in [6, 6.07) is 2.62. The van der Waals surface area contributed by atoms with E-state index in [0.29, 0.717) is 24.2 Å². The molecule has 19 heavy (non-hydrogen) atoms. The Bertz CT molecular complexity index is 547. The Morgan fingerprint density at radius 2 is 2.21 bits per heavy atom. The van der Waals surface area contributed by atoms with Gasteiger partial charge in [0, 0.05) is 25.3 Å². The van der Waals surface area contributed by atoms with E-state index >= 15 is 0 Å². The molecule has 7 heteroatoms. The molecule has 0 aromatic heterocycles. The van der Waals surface area contributed by atoms with Gasteiger partial charge in [-0.3, -0.25) is 14.9 Å². The highest BCUT2D eigenvalue weighted by atomic mass is 35.5. The Hall–Kier alpha value is -1.82. The molecule has 0 spiro atoms. The molecule has 2 rings (SSSR count). The number of carbonyl (C=O) groups excluding carboxylic acids is 1. The molecule has 1 heterocycles. The number of amides is 1. The number of hydrogen-bond donors (Lipinski definition) is 1. The van der Waals surface area contributed by atoms with Crippen LogP contribution < -0.4 is 5.32 Å². The minimum absolute atomic E-state index is 0.0221. The zero-order valence-corrected chi connectivity index (χ0v) is 11.4. The lowest BCUT2D eigenvalue weighted by molar-refractivity contribution is -0.384. The lowest BCUT2D eigenvalue weighted by Crippen LogP contribution is -2.31. The first kappa shape index (κ1) is 13.6. The van der Waals surface area contributed by atoms with E-state index in [2.05, 4.69) is 5.32 Å². The molecule has 0 bridgehead atoms. The number of aryl methyl sites for hydroxylation is 1. The van der Waals surface area contributed by atoms with Gasteiger partial charge in [-0.25, -0.2) is 0 Å². The quantitative estimate of drug-likeness (QED) is 0.681. The van der Waals surface area contributed by atoms with Crippen LogP contribution in [-0.2, 0) is 4.79 Å². The van der Waals surface area contributed by atoms with Crippen LogP contribution in [0.25, 0.3) is 0 Å². The second-order valence-corrected chi connectivity index (χ2v) is 5.03. The third-order valence-electron chi connectivity index (χ3n) is 3.25. The third-order valence-corrected chi connectivity index (χ3v) is 3.55. The number of likely N-dealkylation sites (tertiary alicyclic amines) is 1. The first-order valence-corrected chi connectivity index (χ1v) is 6.24. The molecule has 1 aromatic carbocycles. The van der Waals surface area contributed by atoms with Crippen molar-refractivity contribution in [2.45, 2.75) is 19.4 Å². The van der Waals surface area contributed by atoms with Crippen molar-refractivity contribution in [3.8, 4) is 0 Å². The maximum atomic E-state index is 11.8. The smallest absolute Gasteiger partial charge is 0.288 e. The number of anilines is 1. The largest absolute Gasteiger partial charge is 0.373 e. The van der Waals surface area contributed by atoms with Crippen molar-refractivity contribution >= 4 is 28.9 Å². The van der Waals surface area contributed by atoms with Crippen molar-refractivity contribution < 1.29 is 9.72 Å². The van der Waals surface area contributed by atoms with Crippen molar-refractivity contribution in [1.29, 1.82) is 0 Å². The van der Waals surface area contributed by atoms with E-state index in [1.54, 1.807) is 18.9 Å². The van der Waals surface area contributed by atoms with Gasteiger partial charge in [0.15, 0.2) is 0 Å². The normalized spacial score (nSPS) is 18.8. The fourth-order valence-corrected chi connectivity index (χ4v) is 2.34. The number of nitrogens with zero attached hydrogens (tertiary/aromatic N) is 2. The van der Waals surface area contributed by atoms with Crippen LogP contribution in [0.2, 0.25) is 5.02 Å². The summed E-state index contributed by atoms with van der Waals surface area (Å²) in [4.78, 5) is 23.7. The summed E-state index contributed by atoms with van der Waals surface area (Å²) in [5.74, 6) is 0.0221. The summed E-state index contributed by atoms with van der Waals surface area (Å²) in [6.07, 6.45) is 0.712. The summed E-state index contributed by atoms with van der Waals surface area (Å²) in [5, 5.41) is 13.9. The minimum atomic E-state index is -0.520. The van der Waals surface area contributed by atoms with Gasteiger partial charge in [0.2, 0.25) is 5.91 Å². The van der Waals surface area contributed by atoms with Crippen LogP contribution in [-0.4, -0.2) is 35.4 Å². The average molecular weight is 284 g/mol. The molecule has 1 atom stereocenters. The molecule has 1 aromatic rings. The topological polar surface area (TPSA) is 75.5 Å². The highest BCUT2D eigenvalue weighted by Gasteiger charge is 2.29. The van der Waals surface area contributed by atoms with Crippen molar-refractivity contribution in [3.05, 3.63) is 32.8 Å².